The number of cyclic esters (lactones) is 1. The number of esters is 3. The lowest BCUT2D eigenvalue weighted by Gasteiger charge is -2.25. The highest BCUT2D eigenvalue weighted by atomic mass is 16.6. The van der Waals surface area contributed by atoms with E-state index in [4.69, 9.17) is 14.2 Å². The summed E-state index contributed by atoms with van der Waals surface area (Å²) in [6.45, 7) is 4.48. The Kier molecular flexibility index (Phi) is 7.47. The van der Waals surface area contributed by atoms with Crippen LogP contribution in [0.2, 0.25) is 0 Å². The number of allylic oxidation sites excluding steroid dienone is 1. The lowest BCUT2D eigenvalue weighted by molar-refractivity contribution is -0.163. The van der Waals surface area contributed by atoms with Crippen molar-refractivity contribution in [1.29, 1.82) is 0 Å². The Hall–Kier alpha value is -2.15. The van der Waals surface area contributed by atoms with Gasteiger partial charge in [-0.15, -0.1) is 0 Å². The van der Waals surface area contributed by atoms with Crippen LogP contribution in [0.3, 0.4) is 0 Å². The molecular weight excluding hydrogens is 304 g/mol. The van der Waals surface area contributed by atoms with Crippen LogP contribution in [0, 0.1) is 0 Å². The van der Waals surface area contributed by atoms with E-state index in [1.807, 2.05) is 0 Å². The third kappa shape index (κ3) is 6.65. The van der Waals surface area contributed by atoms with Gasteiger partial charge in [0.05, 0.1) is 0 Å². The SMILES string of the molecule is CC=CC(=O)OC1C=CC(O)C(OC(C)=O)CCC(=O)OC1C. The van der Waals surface area contributed by atoms with Crippen molar-refractivity contribution in [3.05, 3.63) is 24.3 Å². The first-order valence-corrected chi connectivity index (χ1v) is 7.40. The molecule has 4 atom stereocenters. The lowest BCUT2D eigenvalue weighted by atomic mass is 10.0. The average molecular weight is 326 g/mol. The Morgan fingerprint density at radius 3 is 2.65 bits per heavy atom. The molecule has 1 aliphatic heterocycles. The fraction of sp³-hybridized carbons (Fsp3) is 0.562. The first-order chi connectivity index (χ1) is 10.8. The van der Waals surface area contributed by atoms with Crippen LogP contribution in [-0.4, -0.2) is 47.4 Å². The molecular formula is C16H22O7. The molecule has 0 spiro atoms. The maximum atomic E-state index is 11.8. The van der Waals surface area contributed by atoms with Crippen molar-refractivity contribution in [2.45, 2.75) is 58.0 Å². The molecule has 1 rings (SSSR count). The van der Waals surface area contributed by atoms with E-state index in [1.165, 1.54) is 31.2 Å². The van der Waals surface area contributed by atoms with Crippen molar-refractivity contribution in [2.75, 3.05) is 0 Å². The van der Waals surface area contributed by atoms with Crippen molar-refractivity contribution >= 4 is 17.9 Å². The zero-order valence-corrected chi connectivity index (χ0v) is 13.4. The Morgan fingerprint density at radius 2 is 2.04 bits per heavy atom. The fourth-order valence-corrected chi connectivity index (χ4v) is 2.05. The summed E-state index contributed by atoms with van der Waals surface area (Å²) in [5.74, 6) is -1.67. The van der Waals surface area contributed by atoms with Crippen LogP contribution in [0.5, 0.6) is 0 Å². The standard InChI is InChI=1S/C16H22O7/c1-4-5-15(19)23-13-7-6-12(18)14(22-11(3)17)8-9-16(20)21-10(13)2/h4-7,10,12-14,18H,8-9H2,1-3H3. The van der Waals surface area contributed by atoms with Crippen molar-refractivity contribution in [3.63, 3.8) is 0 Å². The minimum absolute atomic E-state index is 0.0251. The zero-order chi connectivity index (χ0) is 17.4. The van der Waals surface area contributed by atoms with E-state index in [1.54, 1.807) is 13.8 Å². The van der Waals surface area contributed by atoms with Gasteiger partial charge in [0.2, 0.25) is 0 Å². The van der Waals surface area contributed by atoms with E-state index in [9.17, 15) is 19.5 Å². The first kappa shape index (κ1) is 18.9. The van der Waals surface area contributed by atoms with Crippen LogP contribution in [0.15, 0.2) is 24.3 Å². The number of aliphatic hydroxyl groups excluding tert-OH is 1. The topological polar surface area (TPSA) is 99.1 Å². The summed E-state index contributed by atoms with van der Waals surface area (Å²) in [5.41, 5.74) is 0. The maximum Gasteiger partial charge on any atom is 0.331 e. The molecule has 0 fully saturated rings. The maximum absolute atomic E-state index is 11.8. The molecule has 0 saturated heterocycles. The number of hydrogen-bond donors (Lipinski definition) is 1. The molecule has 1 N–H and O–H groups in total. The van der Waals surface area contributed by atoms with E-state index in [0.717, 1.165) is 0 Å². The summed E-state index contributed by atoms with van der Waals surface area (Å²) in [6.07, 6.45) is 2.13. The minimum atomic E-state index is -1.11. The molecule has 0 saturated carbocycles. The predicted molar refractivity (Wildman–Crippen MR) is 80.2 cm³/mol. The summed E-state index contributed by atoms with van der Waals surface area (Å²) in [4.78, 5) is 34.4. The zero-order valence-electron chi connectivity index (χ0n) is 13.4. The predicted octanol–water partition coefficient (Wildman–Crippen LogP) is 1.05. The van der Waals surface area contributed by atoms with Crippen molar-refractivity contribution in [2.24, 2.45) is 0 Å². The molecule has 4 unspecified atom stereocenters. The number of carbonyl (C=O) groups is 3. The van der Waals surface area contributed by atoms with Crippen LogP contribution in [0.4, 0.5) is 0 Å². The summed E-state index contributed by atoms with van der Waals surface area (Å²) in [5, 5.41) is 10.1. The Morgan fingerprint density at radius 1 is 1.35 bits per heavy atom. The normalized spacial score (nSPS) is 29.0. The van der Waals surface area contributed by atoms with Gasteiger partial charge >= 0.3 is 17.9 Å². The molecule has 0 aromatic rings. The van der Waals surface area contributed by atoms with Gasteiger partial charge in [-0.1, -0.05) is 12.2 Å². The number of carbonyl (C=O) groups excluding carboxylic acids is 3. The lowest BCUT2D eigenvalue weighted by Crippen LogP contribution is -2.35. The highest BCUT2D eigenvalue weighted by Gasteiger charge is 2.27. The van der Waals surface area contributed by atoms with E-state index < -0.39 is 42.3 Å². The second kappa shape index (κ2) is 9.09. The highest BCUT2D eigenvalue weighted by molar-refractivity contribution is 5.82. The van der Waals surface area contributed by atoms with Gasteiger partial charge in [-0.2, -0.15) is 0 Å². The smallest absolute Gasteiger partial charge is 0.331 e. The molecule has 1 aliphatic rings. The number of rotatable bonds is 3. The van der Waals surface area contributed by atoms with Gasteiger partial charge in [0, 0.05) is 19.4 Å². The molecule has 23 heavy (non-hydrogen) atoms. The minimum Gasteiger partial charge on any atom is -0.459 e. The van der Waals surface area contributed by atoms with Crippen LogP contribution in [0.1, 0.15) is 33.6 Å². The molecule has 7 nitrogen and oxygen atoms in total. The third-order valence-corrected chi connectivity index (χ3v) is 3.16. The van der Waals surface area contributed by atoms with Gasteiger partial charge in [-0.25, -0.2) is 4.79 Å². The first-order valence-electron chi connectivity index (χ1n) is 7.40. The molecule has 0 amide bonds. The van der Waals surface area contributed by atoms with Crippen LogP contribution in [-0.2, 0) is 28.6 Å². The third-order valence-electron chi connectivity index (χ3n) is 3.16. The largest absolute Gasteiger partial charge is 0.459 e. The monoisotopic (exact) mass is 326 g/mol. The molecule has 1 heterocycles. The van der Waals surface area contributed by atoms with E-state index >= 15 is 0 Å². The van der Waals surface area contributed by atoms with Gasteiger partial charge in [-0.3, -0.25) is 9.59 Å². The molecule has 0 aliphatic carbocycles. The highest BCUT2D eigenvalue weighted by Crippen LogP contribution is 2.16. The number of ether oxygens (including phenoxy) is 3. The van der Waals surface area contributed by atoms with E-state index in [0.29, 0.717) is 0 Å². The number of hydrogen-bond acceptors (Lipinski definition) is 7. The quantitative estimate of drug-likeness (QED) is 0.358. The van der Waals surface area contributed by atoms with Gasteiger partial charge in [0.25, 0.3) is 0 Å². The van der Waals surface area contributed by atoms with Gasteiger partial charge < -0.3 is 19.3 Å². The van der Waals surface area contributed by atoms with Gasteiger partial charge in [0.15, 0.2) is 6.10 Å². The summed E-state index contributed by atoms with van der Waals surface area (Å²) in [6, 6.07) is 0. The second-order valence-electron chi connectivity index (χ2n) is 5.16. The average Bonchev–Trinajstić information content (AvgIpc) is 2.46. The molecule has 0 aromatic carbocycles. The second-order valence-corrected chi connectivity index (χ2v) is 5.16. The van der Waals surface area contributed by atoms with Crippen LogP contribution in [0.25, 0.3) is 0 Å². The summed E-state index contributed by atoms with van der Waals surface area (Å²) >= 11 is 0. The van der Waals surface area contributed by atoms with E-state index in [2.05, 4.69) is 0 Å². The Bertz CT molecular complexity index is 495. The molecule has 0 aromatic heterocycles. The van der Waals surface area contributed by atoms with Crippen molar-refractivity contribution in [3.8, 4) is 0 Å². The van der Waals surface area contributed by atoms with Gasteiger partial charge in [0.1, 0.15) is 18.3 Å². The Balaban J connectivity index is 2.93. The van der Waals surface area contributed by atoms with Crippen molar-refractivity contribution in [1.82, 2.24) is 0 Å². The molecule has 0 radical (unpaired) electrons. The van der Waals surface area contributed by atoms with Crippen LogP contribution < -0.4 is 0 Å². The molecule has 7 heteroatoms. The van der Waals surface area contributed by atoms with Crippen molar-refractivity contribution < 1.29 is 33.7 Å². The van der Waals surface area contributed by atoms with E-state index in [-0.39, 0.29) is 12.8 Å². The van der Waals surface area contributed by atoms with Gasteiger partial charge in [-0.05, 0) is 26.3 Å². The van der Waals surface area contributed by atoms with Crippen LogP contribution >= 0.6 is 0 Å². The summed E-state index contributed by atoms with van der Waals surface area (Å²) < 4.78 is 15.4. The number of aliphatic hydroxyl groups is 1. The Labute approximate surface area is 134 Å². The fourth-order valence-electron chi connectivity index (χ4n) is 2.05. The molecule has 128 valence electrons. The summed E-state index contributed by atoms with van der Waals surface area (Å²) in [7, 11) is 0. The molecule has 0 bridgehead atoms.